The van der Waals surface area contributed by atoms with Crippen molar-refractivity contribution in [1.29, 1.82) is 0 Å². The van der Waals surface area contributed by atoms with E-state index in [9.17, 15) is 23.9 Å². The van der Waals surface area contributed by atoms with Crippen LogP contribution in [0.5, 0.6) is 5.75 Å². The van der Waals surface area contributed by atoms with E-state index in [1.54, 1.807) is 6.07 Å². The number of halogens is 1. The van der Waals surface area contributed by atoms with Crippen LogP contribution in [0.15, 0.2) is 59.9 Å². The largest absolute Gasteiger partial charge is 0.503 e. The van der Waals surface area contributed by atoms with Gasteiger partial charge in [-0.2, -0.15) is 0 Å². The molecule has 0 spiro atoms. The smallest absolute Gasteiger partial charge is 0.341 e. The Morgan fingerprint density at radius 1 is 1.18 bits per heavy atom. The van der Waals surface area contributed by atoms with Gasteiger partial charge in [-0.15, -0.1) is 0 Å². The van der Waals surface area contributed by atoms with Gasteiger partial charge < -0.3 is 14.9 Å². The van der Waals surface area contributed by atoms with Crippen LogP contribution in [0.2, 0.25) is 0 Å². The van der Waals surface area contributed by atoms with Crippen LogP contribution in [-0.2, 0) is 14.4 Å². The van der Waals surface area contributed by atoms with Gasteiger partial charge >= 0.3 is 5.97 Å². The fraction of sp³-hybridized carbons (Fsp3) is 0.150. The highest BCUT2D eigenvalue weighted by Gasteiger charge is 2.43. The topological polar surface area (TPSA) is 104 Å². The van der Waals surface area contributed by atoms with E-state index in [0.717, 1.165) is 0 Å². The molecule has 0 saturated carbocycles. The number of aliphatic hydroxyl groups is 1. The molecular weight excluding hydrogens is 369 g/mol. The average molecular weight is 385 g/mol. The van der Waals surface area contributed by atoms with Crippen LogP contribution in [0.4, 0.5) is 10.1 Å². The Labute approximate surface area is 159 Å². The summed E-state index contributed by atoms with van der Waals surface area (Å²) in [7, 11) is 0. The van der Waals surface area contributed by atoms with E-state index in [1.165, 1.54) is 54.3 Å². The van der Waals surface area contributed by atoms with Gasteiger partial charge in [-0.3, -0.25) is 14.5 Å². The number of nitrogens with zero attached hydrogens (tertiary/aromatic N) is 1. The summed E-state index contributed by atoms with van der Waals surface area (Å²) in [4.78, 5) is 36.5. The number of ketones is 1. The first-order valence-electron chi connectivity index (χ1n) is 8.27. The number of aliphatic carboxylic acids is 1. The van der Waals surface area contributed by atoms with Crippen LogP contribution in [-0.4, -0.2) is 34.5 Å². The first-order chi connectivity index (χ1) is 13.3. The molecule has 0 unspecified atom stereocenters. The van der Waals surface area contributed by atoms with Crippen LogP contribution in [0.1, 0.15) is 18.5 Å². The molecule has 0 aromatic heterocycles. The molecule has 1 heterocycles. The lowest BCUT2D eigenvalue weighted by atomic mass is 9.96. The van der Waals surface area contributed by atoms with Crippen molar-refractivity contribution in [2.45, 2.75) is 13.0 Å². The Kier molecular flexibility index (Phi) is 5.12. The maximum absolute atomic E-state index is 13.7. The SMILES string of the molecule is CC(=O)C1=C(O)C(=O)N(c2ccc(OCC(=O)O)cc2)[C@@H]1c1cccc(F)c1. The maximum atomic E-state index is 13.7. The Hall–Kier alpha value is -3.68. The molecule has 1 aliphatic rings. The number of carbonyl (C=O) groups excluding carboxylic acids is 2. The number of carbonyl (C=O) groups is 3. The molecule has 1 atom stereocenters. The molecule has 3 rings (SSSR count). The summed E-state index contributed by atoms with van der Waals surface area (Å²) in [5.74, 6) is -3.40. The number of aliphatic hydroxyl groups excluding tert-OH is 1. The summed E-state index contributed by atoms with van der Waals surface area (Å²) in [5, 5.41) is 18.9. The maximum Gasteiger partial charge on any atom is 0.341 e. The van der Waals surface area contributed by atoms with E-state index in [2.05, 4.69) is 0 Å². The molecule has 2 aromatic carbocycles. The number of hydrogen-bond acceptors (Lipinski definition) is 5. The van der Waals surface area contributed by atoms with Gasteiger partial charge in [0.15, 0.2) is 18.1 Å². The summed E-state index contributed by atoms with van der Waals surface area (Å²) >= 11 is 0. The predicted octanol–water partition coefficient (Wildman–Crippen LogP) is 2.78. The first-order valence-corrected chi connectivity index (χ1v) is 8.27. The van der Waals surface area contributed by atoms with Crippen LogP contribution < -0.4 is 9.64 Å². The fourth-order valence-electron chi connectivity index (χ4n) is 3.07. The van der Waals surface area contributed by atoms with E-state index in [-0.39, 0.29) is 11.3 Å². The van der Waals surface area contributed by atoms with Crippen LogP contribution in [0.3, 0.4) is 0 Å². The summed E-state index contributed by atoms with van der Waals surface area (Å²) in [6.45, 7) is 0.697. The van der Waals surface area contributed by atoms with Crippen LogP contribution in [0.25, 0.3) is 0 Å². The zero-order chi connectivity index (χ0) is 20.4. The monoisotopic (exact) mass is 385 g/mol. The van der Waals surface area contributed by atoms with Gasteiger partial charge in [0, 0.05) is 5.69 Å². The Balaban J connectivity index is 2.02. The lowest BCUT2D eigenvalue weighted by Crippen LogP contribution is -2.30. The minimum absolute atomic E-state index is 0.123. The third kappa shape index (κ3) is 3.57. The van der Waals surface area contributed by atoms with Gasteiger partial charge in [0.2, 0.25) is 0 Å². The van der Waals surface area contributed by atoms with Crippen molar-refractivity contribution in [1.82, 2.24) is 0 Å². The summed E-state index contributed by atoms with van der Waals surface area (Å²) < 4.78 is 18.8. The average Bonchev–Trinajstić information content (AvgIpc) is 2.92. The molecule has 0 radical (unpaired) electrons. The Morgan fingerprint density at radius 3 is 2.43 bits per heavy atom. The summed E-state index contributed by atoms with van der Waals surface area (Å²) in [6, 6.07) is 10.3. The standard InChI is InChI=1S/C20H16FNO6/c1-11(23)17-18(12-3-2-4-13(21)9-12)22(20(27)19(17)26)14-5-7-15(8-6-14)28-10-16(24)25/h2-9,18,26H,10H2,1H3,(H,24,25)/t18-/m1/s1. The van der Waals surface area contributed by atoms with Gasteiger partial charge in [0.25, 0.3) is 5.91 Å². The Bertz CT molecular complexity index is 982. The van der Waals surface area contributed by atoms with Crippen molar-refractivity contribution < 1.29 is 33.7 Å². The molecule has 144 valence electrons. The van der Waals surface area contributed by atoms with Gasteiger partial charge in [-0.25, -0.2) is 9.18 Å². The van der Waals surface area contributed by atoms with Crippen molar-refractivity contribution in [3.05, 3.63) is 71.2 Å². The van der Waals surface area contributed by atoms with Crippen molar-refractivity contribution >= 4 is 23.3 Å². The second-order valence-corrected chi connectivity index (χ2v) is 6.13. The Morgan fingerprint density at radius 2 is 1.86 bits per heavy atom. The van der Waals surface area contributed by atoms with Crippen molar-refractivity contribution in [2.24, 2.45) is 0 Å². The number of carboxylic acid groups (broad SMARTS) is 1. The zero-order valence-electron chi connectivity index (χ0n) is 14.8. The van der Waals surface area contributed by atoms with Crippen molar-refractivity contribution in [2.75, 3.05) is 11.5 Å². The van der Waals surface area contributed by atoms with Gasteiger partial charge in [-0.05, 0) is 48.9 Å². The molecule has 0 bridgehead atoms. The molecular formula is C20H16FNO6. The third-order valence-electron chi connectivity index (χ3n) is 4.23. The molecule has 0 fully saturated rings. The van der Waals surface area contributed by atoms with E-state index in [0.29, 0.717) is 11.3 Å². The number of benzene rings is 2. The predicted molar refractivity (Wildman–Crippen MR) is 96.5 cm³/mol. The lowest BCUT2D eigenvalue weighted by molar-refractivity contribution is -0.139. The number of anilines is 1. The molecule has 0 aliphatic carbocycles. The highest BCUT2D eigenvalue weighted by atomic mass is 19.1. The lowest BCUT2D eigenvalue weighted by Gasteiger charge is -2.26. The molecule has 1 amide bonds. The minimum Gasteiger partial charge on any atom is -0.503 e. The molecule has 2 N–H and O–H groups in total. The molecule has 8 heteroatoms. The normalized spacial score (nSPS) is 16.4. The highest BCUT2D eigenvalue weighted by Crippen LogP contribution is 2.41. The van der Waals surface area contributed by atoms with Crippen molar-refractivity contribution in [3.8, 4) is 5.75 Å². The molecule has 0 saturated heterocycles. The quantitative estimate of drug-likeness (QED) is 0.792. The van der Waals surface area contributed by atoms with Crippen LogP contribution in [0, 0.1) is 5.82 Å². The number of hydrogen-bond donors (Lipinski definition) is 2. The summed E-state index contributed by atoms with van der Waals surface area (Å²) in [5.41, 5.74) is 0.528. The third-order valence-corrected chi connectivity index (χ3v) is 4.23. The number of carboxylic acids is 1. The number of rotatable bonds is 6. The first kappa shape index (κ1) is 19.1. The summed E-state index contributed by atoms with van der Waals surface area (Å²) in [6.07, 6.45) is 0. The van der Waals surface area contributed by atoms with E-state index in [1.807, 2.05) is 0 Å². The van der Waals surface area contributed by atoms with Gasteiger partial charge in [0.1, 0.15) is 11.6 Å². The minimum atomic E-state index is -1.13. The second kappa shape index (κ2) is 7.51. The van der Waals surface area contributed by atoms with Gasteiger partial charge in [0.05, 0.1) is 11.6 Å². The molecule has 28 heavy (non-hydrogen) atoms. The number of amides is 1. The van der Waals surface area contributed by atoms with Crippen molar-refractivity contribution in [3.63, 3.8) is 0 Å². The van der Waals surface area contributed by atoms with E-state index >= 15 is 0 Å². The number of ether oxygens (including phenoxy) is 1. The van der Waals surface area contributed by atoms with Crippen LogP contribution >= 0.6 is 0 Å². The fourth-order valence-corrected chi connectivity index (χ4v) is 3.07. The zero-order valence-corrected chi connectivity index (χ0v) is 14.8. The molecule has 7 nitrogen and oxygen atoms in total. The molecule has 2 aromatic rings. The molecule has 1 aliphatic heterocycles. The number of Topliss-reactive ketones (excluding diaryl/α,β-unsaturated/α-hetero) is 1. The second-order valence-electron chi connectivity index (χ2n) is 6.13. The van der Waals surface area contributed by atoms with Gasteiger partial charge in [-0.1, -0.05) is 12.1 Å². The van der Waals surface area contributed by atoms with E-state index < -0.39 is 41.9 Å². The highest BCUT2D eigenvalue weighted by molar-refractivity contribution is 6.16. The van der Waals surface area contributed by atoms with E-state index in [4.69, 9.17) is 9.84 Å².